The van der Waals surface area contributed by atoms with Gasteiger partial charge >= 0.3 is 0 Å². The summed E-state index contributed by atoms with van der Waals surface area (Å²) in [5, 5.41) is 4.81. The Kier molecular flexibility index (Phi) is 3.45. The van der Waals surface area contributed by atoms with Crippen molar-refractivity contribution < 1.29 is 4.68 Å². The van der Waals surface area contributed by atoms with E-state index in [9.17, 15) is 0 Å². The van der Waals surface area contributed by atoms with E-state index in [4.69, 9.17) is 5.10 Å². The first-order chi connectivity index (χ1) is 11.4. The summed E-state index contributed by atoms with van der Waals surface area (Å²) < 4.78 is 2.07. The molecule has 0 aliphatic carbocycles. The van der Waals surface area contributed by atoms with Gasteiger partial charge in [-0.1, -0.05) is 66.7 Å². The Hall–Kier alpha value is -3.20. The Morgan fingerprint density at radius 2 is 1.22 bits per heavy atom. The molecule has 0 saturated carbocycles. The van der Waals surface area contributed by atoms with Gasteiger partial charge in [0.05, 0.1) is 5.10 Å². The number of aromatic nitrogens is 3. The summed E-state index contributed by atoms with van der Waals surface area (Å²) in [6.45, 7) is 0. The molecule has 23 heavy (non-hydrogen) atoms. The quantitative estimate of drug-likeness (QED) is 0.527. The van der Waals surface area contributed by atoms with Gasteiger partial charge < -0.3 is 0 Å². The molecule has 0 spiro atoms. The average Bonchev–Trinajstić information content (AvgIpc) is 3.09. The SMILES string of the molecule is c1ccc(-c2c[n+](-c3ccccc3)n(-c3ccccc3)n2)cc1. The van der Waals surface area contributed by atoms with E-state index in [0.717, 1.165) is 22.6 Å². The standard InChI is InChI=1S/C20H16N3/c1-4-10-17(11-5-1)20-16-22(18-12-6-2-7-13-18)23(21-20)19-14-8-3-9-15-19/h1-16H/q+1. The highest BCUT2D eigenvalue weighted by Crippen LogP contribution is 2.16. The largest absolute Gasteiger partial charge is 0.249 e. The van der Waals surface area contributed by atoms with Gasteiger partial charge in [0.2, 0.25) is 5.69 Å². The van der Waals surface area contributed by atoms with E-state index < -0.39 is 0 Å². The first kappa shape index (κ1) is 13.5. The summed E-state index contributed by atoms with van der Waals surface area (Å²) in [6, 6.07) is 30.6. The minimum atomic E-state index is 0.943. The molecule has 3 aromatic carbocycles. The summed E-state index contributed by atoms with van der Waals surface area (Å²) in [5.74, 6) is 0. The number of rotatable bonds is 3. The van der Waals surface area contributed by atoms with Crippen molar-refractivity contribution in [2.75, 3.05) is 0 Å². The van der Waals surface area contributed by atoms with Crippen LogP contribution in [0.15, 0.2) is 97.2 Å². The molecular weight excluding hydrogens is 282 g/mol. The summed E-state index contributed by atoms with van der Waals surface area (Å²) >= 11 is 0. The second kappa shape index (κ2) is 5.89. The van der Waals surface area contributed by atoms with Crippen LogP contribution in [0.25, 0.3) is 22.6 Å². The molecule has 4 aromatic rings. The second-order valence-corrected chi connectivity index (χ2v) is 5.29. The number of hydrogen-bond acceptors (Lipinski definition) is 1. The highest BCUT2D eigenvalue weighted by molar-refractivity contribution is 5.56. The molecule has 0 amide bonds. The first-order valence-electron chi connectivity index (χ1n) is 7.60. The van der Waals surface area contributed by atoms with Gasteiger partial charge in [0.15, 0.2) is 11.9 Å². The van der Waals surface area contributed by atoms with E-state index in [1.807, 2.05) is 59.4 Å². The van der Waals surface area contributed by atoms with Crippen LogP contribution in [0.1, 0.15) is 0 Å². The predicted octanol–water partition coefficient (Wildman–Crippen LogP) is 3.82. The van der Waals surface area contributed by atoms with Crippen LogP contribution in [-0.4, -0.2) is 9.90 Å². The van der Waals surface area contributed by atoms with Gasteiger partial charge in [0, 0.05) is 5.56 Å². The van der Waals surface area contributed by atoms with Crippen LogP contribution < -0.4 is 4.68 Å². The zero-order chi connectivity index (χ0) is 15.5. The third kappa shape index (κ3) is 2.64. The number of hydrogen-bond donors (Lipinski definition) is 0. The van der Waals surface area contributed by atoms with Crippen LogP contribution in [0.5, 0.6) is 0 Å². The lowest BCUT2D eigenvalue weighted by Gasteiger charge is -2.01. The highest BCUT2D eigenvalue weighted by Gasteiger charge is 2.20. The molecule has 110 valence electrons. The van der Waals surface area contributed by atoms with E-state index in [1.165, 1.54) is 0 Å². The summed E-state index contributed by atoms with van der Waals surface area (Å²) in [7, 11) is 0. The summed E-state index contributed by atoms with van der Waals surface area (Å²) in [6.07, 6.45) is 2.07. The molecule has 0 unspecified atom stereocenters. The smallest absolute Gasteiger partial charge is 0.120 e. The van der Waals surface area contributed by atoms with Crippen molar-refractivity contribution in [2.24, 2.45) is 0 Å². The lowest BCUT2D eigenvalue weighted by atomic mass is 10.2. The fraction of sp³-hybridized carbons (Fsp3) is 0. The highest BCUT2D eigenvalue weighted by atomic mass is 15.5. The topological polar surface area (TPSA) is 21.7 Å². The molecule has 4 rings (SSSR count). The maximum absolute atomic E-state index is 4.81. The first-order valence-corrected chi connectivity index (χ1v) is 7.60. The van der Waals surface area contributed by atoms with Gasteiger partial charge in [-0.25, -0.2) is 0 Å². The third-order valence-corrected chi connectivity index (χ3v) is 3.73. The second-order valence-electron chi connectivity index (χ2n) is 5.29. The van der Waals surface area contributed by atoms with Crippen molar-refractivity contribution in [3.8, 4) is 22.6 Å². The van der Waals surface area contributed by atoms with Crippen molar-refractivity contribution in [1.29, 1.82) is 0 Å². The molecule has 0 atom stereocenters. The van der Waals surface area contributed by atoms with E-state index >= 15 is 0 Å². The molecule has 1 aromatic heterocycles. The van der Waals surface area contributed by atoms with Crippen LogP contribution in [0, 0.1) is 0 Å². The minimum Gasteiger partial charge on any atom is -0.120 e. The average molecular weight is 298 g/mol. The van der Waals surface area contributed by atoms with Crippen molar-refractivity contribution in [3.63, 3.8) is 0 Å². The fourth-order valence-corrected chi connectivity index (χ4v) is 2.60. The molecule has 0 radical (unpaired) electrons. The van der Waals surface area contributed by atoms with Crippen molar-refractivity contribution in [3.05, 3.63) is 97.2 Å². The Morgan fingerprint density at radius 1 is 0.652 bits per heavy atom. The van der Waals surface area contributed by atoms with Gasteiger partial charge in [-0.05, 0) is 29.1 Å². The number of benzene rings is 3. The van der Waals surface area contributed by atoms with Crippen molar-refractivity contribution in [1.82, 2.24) is 9.90 Å². The van der Waals surface area contributed by atoms with E-state index in [2.05, 4.69) is 47.3 Å². The fourth-order valence-electron chi connectivity index (χ4n) is 2.60. The van der Waals surface area contributed by atoms with Crippen LogP contribution in [0.4, 0.5) is 0 Å². The van der Waals surface area contributed by atoms with Crippen LogP contribution >= 0.6 is 0 Å². The van der Waals surface area contributed by atoms with E-state index in [-0.39, 0.29) is 0 Å². The molecule has 3 heteroatoms. The van der Waals surface area contributed by atoms with Crippen molar-refractivity contribution >= 4 is 0 Å². The van der Waals surface area contributed by atoms with Crippen LogP contribution in [-0.2, 0) is 0 Å². The molecule has 0 aliphatic heterocycles. The Labute approximate surface area is 135 Å². The van der Waals surface area contributed by atoms with Gasteiger partial charge in [-0.15, -0.1) is 4.68 Å². The normalized spacial score (nSPS) is 10.6. The third-order valence-electron chi connectivity index (χ3n) is 3.73. The van der Waals surface area contributed by atoms with Crippen LogP contribution in [0.3, 0.4) is 0 Å². The van der Waals surface area contributed by atoms with E-state index in [1.54, 1.807) is 0 Å². The molecule has 0 aliphatic rings. The van der Waals surface area contributed by atoms with E-state index in [0.29, 0.717) is 0 Å². The Balaban J connectivity index is 1.91. The molecule has 0 bridgehead atoms. The lowest BCUT2D eigenvalue weighted by molar-refractivity contribution is -0.679. The maximum atomic E-state index is 4.81. The number of para-hydroxylation sites is 2. The molecule has 0 N–H and O–H groups in total. The molecule has 3 nitrogen and oxygen atoms in total. The van der Waals surface area contributed by atoms with Gasteiger partial charge in [-0.3, -0.25) is 0 Å². The minimum absolute atomic E-state index is 0.943. The molecular formula is C20H16N3+. The Morgan fingerprint density at radius 3 is 1.87 bits per heavy atom. The summed E-state index contributed by atoms with van der Waals surface area (Å²) in [4.78, 5) is 1.93. The van der Waals surface area contributed by atoms with Crippen molar-refractivity contribution in [2.45, 2.75) is 0 Å². The zero-order valence-corrected chi connectivity index (χ0v) is 12.6. The Bertz CT molecular complexity index is 841. The maximum Gasteiger partial charge on any atom is 0.249 e. The van der Waals surface area contributed by atoms with Crippen LogP contribution in [0.2, 0.25) is 0 Å². The van der Waals surface area contributed by atoms with Gasteiger partial charge in [0.1, 0.15) is 5.69 Å². The molecule has 0 fully saturated rings. The summed E-state index contributed by atoms with van der Waals surface area (Å²) in [5.41, 5.74) is 4.15. The molecule has 0 saturated heterocycles. The van der Waals surface area contributed by atoms with Gasteiger partial charge in [-0.2, -0.15) is 0 Å². The lowest BCUT2D eigenvalue weighted by Crippen LogP contribution is -2.39. The monoisotopic (exact) mass is 298 g/mol. The molecule has 1 heterocycles. The number of nitrogens with zero attached hydrogens (tertiary/aromatic N) is 3. The zero-order valence-electron chi connectivity index (χ0n) is 12.6. The van der Waals surface area contributed by atoms with Gasteiger partial charge in [0.25, 0.3) is 0 Å². The predicted molar refractivity (Wildman–Crippen MR) is 90.5 cm³/mol.